The molecule has 3 aromatic rings. The van der Waals surface area contributed by atoms with E-state index in [2.05, 4.69) is 31.9 Å². The van der Waals surface area contributed by atoms with Crippen LogP contribution in [0.5, 0.6) is 0 Å². The first-order valence-corrected chi connectivity index (χ1v) is 10.6. The summed E-state index contributed by atoms with van der Waals surface area (Å²) >= 11 is 6.82. The van der Waals surface area contributed by atoms with Gasteiger partial charge in [0.05, 0.1) is 18.7 Å². The molecule has 146 valence electrons. The molecule has 1 aliphatic heterocycles. The van der Waals surface area contributed by atoms with Gasteiger partial charge in [-0.2, -0.15) is 0 Å². The number of Topliss-reactive ketones (excluding diaryl/α,β-unsaturated/α-hetero) is 1. The van der Waals surface area contributed by atoms with E-state index in [1.165, 1.54) is 0 Å². The van der Waals surface area contributed by atoms with E-state index < -0.39 is 11.5 Å². The van der Waals surface area contributed by atoms with Crippen molar-refractivity contribution in [1.29, 1.82) is 0 Å². The van der Waals surface area contributed by atoms with Gasteiger partial charge in [0, 0.05) is 20.1 Å². The Hall–Kier alpha value is -2.28. The molecule has 4 rings (SSSR count). The molecule has 1 atom stereocenters. The van der Waals surface area contributed by atoms with Crippen LogP contribution in [0.15, 0.2) is 81.7 Å². The zero-order valence-electron chi connectivity index (χ0n) is 15.3. The average Bonchev–Trinajstić information content (AvgIpc) is 2.92. The topological polar surface area (TPSA) is 57.6 Å². The van der Waals surface area contributed by atoms with E-state index in [1.807, 2.05) is 36.4 Å². The van der Waals surface area contributed by atoms with Crippen LogP contribution in [-0.4, -0.2) is 16.8 Å². The normalized spacial score (nSPS) is 18.0. The lowest BCUT2D eigenvalue weighted by Gasteiger charge is -2.23. The molecular formula is C23H17Br2NO3. The largest absolute Gasteiger partial charge is 0.375 e. The fourth-order valence-electron chi connectivity index (χ4n) is 3.58. The summed E-state index contributed by atoms with van der Waals surface area (Å²) in [7, 11) is 0. The molecule has 1 heterocycles. The monoisotopic (exact) mass is 513 g/mol. The molecule has 0 aromatic heterocycles. The molecule has 29 heavy (non-hydrogen) atoms. The maximum atomic E-state index is 13.3. The zero-order valence-corrected chi connectivity index (χ0v) is 18.5. The Labute approximate surface area is 185 Å². The summed E-state index contributed by atoms with van der Waals surface area (Å²) in [6.45, 7) is 0.308. The van der Waals surface area contributed by atoms with Crippen LogP contribution in [0, 0.1) is 0 Å². The number of benzene rings is 3. The minimum Gasteiger partial charge on any atom is -0.375 e. The van der Waals surface area contributed by atoms with Crippen molar-refractivity contribution in [1.82, 2.24) is 0 Å². The second-order valence-electron chi connectivity index (χ2n) is 7.01. The van der Waals surface area contributed by atoms with Gasteiger partial charge in [0.25, 0.3) is 5.91 Å². The molecule has 0 radical (unpaired) electrons. The number of carbonyl (C=O) groups is 2. The highest BCUT2D eigenvalue weighted by Gasteiger charge is 2.51. The molecule has 6 heteroatoms. The second kappa shape index (κ2) is 7.86. The molecule has 0 aliphatic carbocycles. The van der Waals surface area contributed by atoms with E-state index in [1.54, 1.807) is 41.3 Å². The Bertz CT molecular complexity index is 1080. The fourth-order valence-corrected chi connectivity index (χ4v) is 4.21. The lowest BCUT2D eigenvalue weighted by molar-refractivity contribution is -0.136. The Morgan fingerprint density at radius 1 is 0.931 bits per heavy atom. The van der Waals surface area contributed by atoms with Crippen LogP contribution in [0.4, 0.5) is 5.69 Å². The third-order valence-electron chi connectivity index (χ3n) is 5.06. The third kappa shape index (κ3) is 3.80. The van der Waals surface area contributed by atoms with Crippen molar-refractivity contribution in [2.24, 2.45) is 0 Å². The van der Waals surface area contributed by atoms with Crippen LogP contribution in [0.3, 0.4) is 0 Å². The molecule has 0 saturated heterocycles. The van der Waals surface area contributed by atoms with E-state index >= 15 is 0 Å². The van der Waals surface area contributed by atoms with E-state index in [4.69, 9.17) is 0 Å². The van der Waals surface area contributed by atoms with Crippen LogP contribution in [0.25, 0.3) is 0 Å². The van der Waals surface area contributed by atoms with Crippen molar-refractivity contribution in [3.63, 3.8) is 0 Å². The van der Waals surface area contributed by atoms with Gasteiger partial charge in [0.2, 0.25) is 0 Å². The molecule has 3 aromatic carbocycles. The summed E-state index contributed by atoms with van der Waals surface area (Å²) in [5.74, 6) is -0.768. The van der Waals surface area contributed by atoms with Gasteiger partial charge in [0.1, 0.15) is 0 Å². The van der Waals surface area contributed by atoms with E-state index in [0.717, 1.165) is 14.5 Å². The Balaban J connectivity index is 1.71. The summed E-state index contributed by atoms with van der Waals surface area (Å²) in [6, 6.07) is 21.7. The molecule has 4 nitrogen and oxygen atoms in total. The highest BCUT2D eigenvalue weighted by atomic mass is 79.9. The highest BCUT2D eigenvalue weighted by Crippen LogP contribution is 2.44. The van der Waals surface area contributed by atoms with Crippen molar-refractivity contribution in [3.8, 4) is 0 Å². The average molecular weight is 515 g/mol. The van der Waals surface area contributed by atoms with Crippen LogP contribution < -0.4 is 4.90 Å². The van der Waals surface area contributed by atoms with Gasteiger partial charge in [-0.15, -0.1) is 0 Å². The number of rotatable bonds is 5. The van der Waals surface area contributed by atoms with Crippen molar-refractivity contribution >= 4 is 49.2 Å². The third-order valence-corrected chi connectivity index (χ3v) is 6.08. The van der Waals surface area contributed by atoms with Crippen LogP contribution in [-0.2, 0) is 16.9 Å². The number of anilines is 1. The van der Waals surface area contributed by atoms with Gasteiger partial charge < -0.3 is 10.0 Å². The van der Waals surface area contributed by atoms with Crippen LogP contribution in [0.1, 0.15) is 27.9 Å². The van der Waals surface area contributed by atoms with E-state index in [-0.39, 0.29) is 12.2 Å². The van der Waals surface area contributed by atoms with Crippen molar-refractivity contribution < 1.29 is 14.7 Å². The summed E-state index contributed by atoms with van der Waals surface area (Å²) < 4.78 is 1.68. The number of nitrogens with zero attached hydrogens (tertiary/aromatic N) is 1. The molecule has 0 bridgehead atoms. The quantitative estimate of drug-likeness (QED) is 0.475. The minimum absolute atomic E-state index is 0.280. The summed E-state index contributed by atoms with van der Waals surface area (Å²) in [5.41, 5.74) is 0.551. The number of carbonyl (C=O) groups excluding carboxylic acids is 2. The van der Waals surface area contributed by atoms with Gasteiger partial charge in [-0.05, 0) is 35.9 Å². The Morgan fingerprint density at radius 3 is 2.28 bits per heavy atom. The van der Waals surface area contributed by atoms with Crippen molar-refractivity contribution in [2.75, 3.05) is 4.90 Å². The molecular weight excluding hydrogens is 498 g/mol. The number of fused-ring (bicyclic) bond motifs is 1. The maximum Gasteiger partial charge on any atom is 0.264 e. The molecule has 0 spiro atoms. The molecule has 0 unspecified atom stereocenters. The molecule has 0 fully saturated rings. The second-order valence-corrected chi connectivity index (χ2v) is 8.84. The zero-order chi connectivity index (χ0) is 20.6. The standard InChI is InChI=1S/C23H17Br2NO3/c24-17-8-6-15(7-9-17)14-26-20-11-10-18(25)12-19(20)23(29,22(26)28)13-21(27)16-4-2-1-3-5-16/h1-12,29H,13-14H2/t23-/m0/s1. The lowest BCUT2D eigenvalue weighted by atomic mass is 9.88. The van der Waals surface area contributed by atoms with Gasteiger partial charge in [-0.3, -0.25) is 9.59 Å². The number of amides is 1. The lowest BCUT2D eigenvalue weighted by Crippen LogP contribution is -2.41. The van der Waals surface area contributed by atoms with Gasteiger partial charge >= 0.3 is 0 Å². The van der Waals surface area contributed by atoms with E-state index in [0.29, 0.717) is 23.4 Å². The van der Waals surface area contributed by atoms with Gasteiger partial charge in [-0.25, -0.2) is 0 Å². The first kappa shape index (κ1) is 20.0. The van der Waals surface area contributed by atoms with Gasteiger partial charge in [0.15, 0.2) is 11.4 Å². The molecule has 0 saturated carbocycles. The van der Waals surface area contributed by atoms with Crippen molar-refractivity contribution in [3.05, 3.63) is 98.4 Å². The van der Waals surface area contributed by atoms with E-state index in [9.17, 15) is 14.7 Å². The first-order valence-electron chi connectivity index (χ1n) is 9.05. The predicted molar refractivity (Wildman–Crippen MR) is 119 cm³/mol. The number of aliphatic hydroxyl groups is 1. The fraction of sp³-hybridized carbons (Fsp3) is 0.130. The summed E-state index contributed by atoms with van der Waals surface area (Å²) in [6.07, 6.45) is -0.309. The smallest absolute Gasteiger partial charge is 0.264 e. The Morgan fingerprint density at radius 2 is 1.59 bits per heavy atom. The van der Waals surface area contributed by atoms with Crippen LogP contribution >= 0.6 is 31.9 Å². The van der Waals surface area contributed by atoms with Crippen LogP contribution in [0.2, 0.25) is 0 Å². The number of hydrogen-bond acceptors (Lipinski definition) is 3. The SMILES string of the molecule is O=C(C[C@@]1(O)C(=O)N(Cc2ccc(Br)cc2)c2ccc(Br)cc21)c1ccccc1. The van der Waals surface area contributed by atoms with Gasteiger partial charge in [-0.1, -0.05) is 74.3 Å². The first-order chi connectivity index (χ1) is 13.9. The molecule has 1 N–H and O–H groups in total. The van der Waals surface area contributed by atoms with Crippen molar-refractivity contribution in [2.45, 2.75) is 18.6 Å². The highest BCUT2D eigenvalue weighted by molar-refractivity contribution is 9.10. The molecule has 1 amide bonds. The Kier molecular flexibility index (Phi) is 5.42. The number of ketones is 1. The number of hydrogen-bond donors (Lipinski definition) is 1. The maximum absolute atomic E-state index is 13.3. The summed E-state index contributed by atoms with van der Waals surface area (Å²) in [4.78, 5) is 27.7. The summed E-state index contributed by atoms with van der Waals surface area (Å²) in [5, 5.41) is 11.4. The predicted octanol–water partition coefficient (Wildman–Crippen LogP) is 5.22. The minimum atomic E-state index is -1.90. The number of halogens is 2. The molecule has 1 aliphatic rings.